The van der Waals surface area contributed by atoms with E-state index in [1.807, 2.05) is 24.3 Å². The number of likely N-dealkylation sites (tertiary alicyclic amines) is 1. The summed E-state index contributed by atoms with van der Waals surface area (Å²) < 4.78 is 5.30. The Bertz CT molecular complexity index is 1120. The van der Waals surface area contributed by atoms with Gasteiger partial charge in [-0.15, -0.1) is 0 Å². The Labute approximate surface area is 198 Å². The molecular formula is C26H28N2O6. The van der Waals surface area contributed by atoms with Gasteiger partial charge in [0.2, 0.25) is 0 Å². The number of hydrogen-bond acceptors (Lipinski definition) is 6. The Hall–Kier alpha value is -3.91. The first kappa shape index (κ1) is 24.7. The van der Waals surface area contributed by atoms with E-state index in [9.17, 15) is 0 Å². The van der Waals surface area contributed by atoms with Gasteiger partial charge in [-0.25, -0.2) is 9.59 Å². The average Bonchev–Trinajstić information content (AvgIpc) is 3.38. The van der Waals surface area contributed by atoms with Crippen LogP contribution < -0.4 is 4.74 Å². The number of rotatable bonds is 7. The molecule has 0 aromatic heterocycles. The lowest BCUT2D eigenvalue weighted by Crippen LogP contribution is -2.23. The van der Waals surface area contributed by atoms with Gasteiger partial charge in [0, 0.05) is 17.7 Å². The van der Waals surface area contributed by atoms with Crippen molar-refractivity contribution in [3.05, 3.63) is 77.9 Å². The zero-order valence-corrected chi connectivity index (χ0v) is 19.0. The first-order valence-electron chi connectivity index (χ1n) is 11.0. The molecule has 3 aromatic rings. The van der Waals surface area contributed by atoms with Gasteiger partial charge >= 0.3 is 11.9 Å². The van der Waals surface area contributed by atoms with Crippen LogP contribution in [0.15, 0.2) is 71.9 Å². The van der Waals surface area contributed by atoms with Crippen LogP contribution in [0.2, 0.25) is 0 Å². The number of carboxylic acids is 2. The van der Waals surface area contributed by atoms with Gasteiger partial charge in [0.25, 0.3) is 0 Å². The van der Waals surface area contributed by atoms with Crippen LogP contribution in [0.3, 0.4) is 0 Å². The van der Waals surface area contributed by atoms with Gasteiger partial charge in [-0.1, -0.05) is 47.6 Å². The Morgan fingerprint density at radius 3 is 2.21 bits per heavy atom. The fraction of sp³-hybridized carbons (Fsp3) is 0.269. The molecule has 8 heteroatoms. The zero-order valence-electron chi connectivity index (χ0n) is 19.0. The molecule has 0 unspecified atom stereocenters. The van der Waals surface area contributed by atoms with E-state index < -0.39 is 11.9 Å². The normalized spacial score (nSPS) is 13.7. The molecule has 0 saturated carbocycles. The van der Waals surface area contributed by atoms with E-state index in [2.05, 4.69) is 52.5 Å². The van der Waals surface area contributed by atoms with Gasteiger partial charge in [0.1, 0.15) is 18.1 Å². The first-order chi connectivity index (χ1) is 16.5. The number of benzene rings is 3. The predicted octanol–water partition coefficient (Wildman–Crippen LogP) is 3.87. The van der Waals surface area contributed by atoms with Crippen LogP contribution in [0.5, 0.6) is 5.75 Å². The van der Waals surface area contributed by atoms with E-state index in [4.69, 9.17) is 29.4 Å². The molecule has 0 spiro atoms. The summed E-state index contributed by atoms with van der Waals surface area (Å²) in [5.41, 5.74) is 2.93. The molecule has 1 fully saturated rings. The Balaban J connectivity index is 0.000000481. The monoisotopic (exact) mass is 464 g/mol. The number of nitrogens with zero attached hydrogens (tertiary/aromatic N) is 2. The summed E-state index contributed by atoms with van der Waals surface area (Å²) in [6, 6.07) is 22.7. The van der Waals surface area contributed by atoms with Gasteiger partial charge in [-0.2, -0.15) is 0 Å². The first-order valence-corrected chi connectivity index (χ1v) is 11.0. The van der Waals surface area contributed by atoms with E-state index >= 15 is 0 Å². The minimum Gasteiger partial charge on any atom is -0.497 e. The van der Waals surface area contributed by atoms with Crippen LogP contribution in [0.4, 0.5) is 0 Å². The summed E-state index contributed by atoms with van der Waals surface area (Å²) in [6.45, 7) is 3.86. The van der Waals surface area contributed by atoms with E-state index in [-0.39, 0.29) is 0 Å². The third-order valence-corrected chi connectivity index (χ3v) is 5.44. The second-order valence-corrected chi connectivity index (χ2v) is 7.69. The highest BCUT2D eigenvalue weighted by molar-refractivity contribution is 6.27. The van der Waals surface area contributed by atoms with Gasteiger partial charge in [0.05, 0.1) is 7.11 Å². The standard InChI is InChI=1S/C24H26N2O2.C2H2O4/c1-27-21-13-11-20(12-14-21)24(25-28-18-17-26-15-4-5-16-26)23-10-6-8-19-7-2-3-9-22(19)23;3-1(4)2(5)6/h2-3,6-14H,4-5,15-18H2,1H3;(H,3,4)(H,5,6). The minimum absolute atomic E-state index is 0.602. The fourth-order valence-electron chi connectivity index (χ4n) is 3.72. The lowest BCUT2D eigenvalue weighted by molar-refractivity contribution is -0.159. The number of oxime groups is 1. The highest BCUT2D eigenvalue weighted by atomic mass is 16.6. The molecule has 4 rings (SSSR count). The smallest absolute Gasteiger partial charge is 0.414 e. The topological polar surface area (TPSA) is 109 Å². The van der Waals surface area contributed by atoms with E-state index in [1.54, 1.807) is 7.11 Å². The van der Waals surface area contributed by atoms with Crippen molar-refractivity contribution in [2.75, 3.05) is 33.4 Å². The molecule has 2 N–H and O–H groups in total. The van der Waals surface area contributed by atoms with Crippen LogP contribution in [0.25, 0.3) is 10.8 Å². The minimum atomic E-state index is -1.82. The van der Waals surface area contributed by atoms with Crippen LogP contribution in [-0.4, -0.2) is 66.1 Å². The summed E-state index contributed by atoms with van der Waals surface area (Å²) in [7, 11) is 1.68. The summed E-state index contributed by atoms with van der Waals surface area (Å²) in [4.78, 5) is 26.4. The molecule has 0 bridgehead atoms. The van der Waals surface area contributed by atoms with Crippen LogP contribution in [0, 0.1) is 0 Å². The van der Waals surface area contributed by atoms with Crippen LogP contribution in [0.1, 0.15) is 24.0 Å². The Morgan fingerprint density at radius 2 is 1.56 bits per heavy atom. The number of carbonyl (C=O) groups is 2. The van der Waals surface area contributed by atoms with Gasteiger partial charge in [-0.3, -0.25) is 4.90 Å². The van der Waals surface area contributed by atoms with Crippen molar-refractivity contribution < 1.29 is 29.4 Å². The van der Waals surface area contributed by atoms with Crippen molar-refractivity contribution >= 4 is 28.4 Å². The molecule has 0 aliphatic carbocycles. The van der Waals surface area contributed by atoms with Crippen molar-refractivity contribution in [3.63, 3.8) is 0 Å². The second kappa shape index (κ2) is 12.4. The van der Waals surface area contributed by atoms with Crippen molar-refractivity contribution in [2.45, 2.75) is 12.8 Å². The van der Waals surface area contributed by atoms with E-state index in [1.165, 1.54) is 36.7 Å². The molecule has 1 saturated heterocycles. The molecule has 1 heterocycles. The molecule has 0 radical (unpaired) electrons. The molecular weight excluding hydrogens is 436 g/mol. The van der Waals surface area contributed by atoms with Crippen molar-refractivity contribution in [3.8, 4) is 5.75 Å². The van der Waals surface area contributed by atoms with E-state index in [0.717, 1.165) is 29.1 Å². The quantitative estimate of drug-likeness (QED) is 0.236. The third kappa shape index (κ3) is 6.79. The van der Waals surface area contributed by atoms with Crippen LogP contribution in [-0.2, 0) is 14.4 Å². The number of aliphatic carboxylic acids is 2. The zero-order chi connectivity index (χ0) is 24.3. The lowest BCUT2D eigenvalue weighted by Gasteiger charge is -2.14. The number of carboxylic acid groups (broad SMARTS) is 2. The average molecular weight is 465 g/mol. The summed E-state index contributed by atoms with van der Waals surface area (Å²) in [5, 5.41) is 21.7. The molecule has 3 aromatic carbocycles. The number of methoxy groups -OCH3 is 1. The third-order valence-electron chi connectivity index (χ3n) is 5.44. The molecule has 34 heavy (non-hydrogen) atoms. The molecule has 178 valence electrons. The lowest BCUT2D eigenvalue weighted by atomic mass is 9.96. The molecule has 0 atom stereocenters. The van der Waals surface area contributed by atoms with Gasteiger partial charge < -0.3 is 19.8 Å². The van der Waals surface area contributed by atoms with Gasteiger partial charge in [-0.05, 0) is 61.0 Å². The molecule has 1 aliphatic heterocycles. The highest BCUT2D eigenvalue weighted by Crippen LogP contribution is 2.23. The Morgan fingerprint density at radius 1 is 0.912 bits per heavy atom. The van der Waals surface area contributed by atoms with Crippen molar-refractivity contribution in [1.82, 2.24) is 4.90 Å². The summed E-state index contributed by atoms with van der Waals surface area (Å²) in [5.74, 6) is -2.82. The fourth-order valence-corrected chi connectivity index (χ4v) is 3.72. The largest absolute Gasteiger partial charge is 0.497 e. The Kier molecular flexibility index (Phi) is 8.99. The maximum atomic E-state index is 9.10. The van der Waals surface area contributed by atoms with Crippen LogP contribution >= 0.6 is 0 Å². The van der Waals surface area contributed by atoms with Crippen molar-refractivity contribution in [1.29, 1.82) is 0 Å². The second-order valence-electron chi connectivity index (χ2n) is 7.69. The molecule has 0 amide bonds. The van der Waals surface area contributed by atoms with Gasteiger partial charge in [0.15, 0.2) is 0 Å². The van der Waals surface area contributed by atoms with Crippen molar-refractivity contribution in [2.24, 2.45) is 5.16 Å². The summed E-state index contributed by atoms with van der Waals surface area (Å²) >= 11 is 0. The highest BCUT2D eigenvalue weighted by Gasteiger charge is 2.13. The number of fused-ring (bicyclic) bond motifs is 1. The maximum absolute atomic E-state index is 9.10. The predicted molar refractivity (Wildman–Crippen MR) is 129 cm³/mol. The maximum Gasteiger partial charge on any atom is 0.414 e. The SMILES string of the molecule is COc1ccc(C(=NOCCN2CCCC2)c2cccc3ccccc23)cc1.O=C(O)C(=O)O. The summed E-state index contributed by atoms with van der Waals surface area (Å²) in [6.07, 6.45) is 2.58. The molecule has 8 nitrogen and oxygen atoms in total. The van der Waals surface area contributed by atoms with E-state index in [0.29, 0.717) is 6.61 Å². The molecule has 1 aliphatic rings. The number of hydrogen-bond donors (Lipinski definition) is 2. The number of ether oxygens (including phenoxy) is 1.